The van der Waals surface area contributed by atoms with Gasteiger partial charge in [-0.2, -0.15) is 0 Å². The number of piperidine rings is 1. The molecule has 3 aliphatic rings. The van der Waals surface area contributed by atoms with Gasteiger partial charge in [0.05, 0.1) is 18.6 Å². The molecule has 0 bridgehead atoms. The van der Waals surface area contributed by atoms with E-state index in [0.29, 0.717) is 18.1 Å². The molecule has 7 heteroatoms. The van der Waals surface area contributed by atoms with Gasteiger partial charge in [-0.05, 0) is 44.9 Å². The molecular weight excluding hydrogens is 382 g/mol. The Bertz CT molecular complexity index is 795. The molecule has 0 aromatic heterocycles. The molecule has 28 heavy (non-hydrogen) atoms. The average Bonchev–Trinajstić information content (AvgIpc) is 2.65. The highest BCUT2D eigenvalue weighted by Gasteiger charge is 2.51. The van der Waals surface area contributed by atoms with E-state index in [1.165, 1.54) is 0 Å². The van der Waals surface area contributed by atoms with Gasteiger partial charge in [-0.25, -0.2) is 0 Å². The van der Waals surface area contributed by atoms with Gasteiger partial charge in [-0.3, -0.25) is 9.59 Å². The first-order valence-electron chi connectivity index (χ1n) is 9.88. The lowest BCUT2D eigenvalue weighted by Gasteiger charge is -2.53. The third kappa shape index (κ3) is 3.60. The summed E-state index contributed by atoms with van der Waals surface area (Å²) in [5, 5.41) is 9.49. The molecule has 0 unspecified atom stereocenters. The summed E-state index contributed by atoms with van der Waals surface area (Å²) in [6, 6.07) is 5.69. The van der Waals surface area contributed by atoms with Crippen LogP contribution < -0.4 is 4.74 Å². The highest BCUT2D eigenvalue weighted by atomic mass is 35.5. The molecule has 0 saturated carbocycles. The number of carbonyl (C=O) groups excluding carboxylic acids is 1. The maximum Gasteiger partial charge on any atom is 0.303 e. The minimum absolute atomic E-state index is 0.0557. The minimum Gasteiger partial charge on any atom is -0.487 e. The number of amides is 1. The summed E-state index contributed by atoms with van der Waals surface area (Å²) in [5.74, 6) is 0.196. The van der Waals surface area contributed by atoms with Crippen LogP contribution in [0.5, 0.6) is 5.75 Å². The van der Waals surface area contributed by atoms with E-state index in [9.17, 15) is 9.59 Å². The number of carboxylic acids is 1. The summed E-state index contributed by atoms with van der Waals surface area (Å²) in [6.07, 6.45) is 1.63. The smallest absolute Gasteiger partial charge is 0.303 e. The van der Waals surface area contributed by atoms with E-state index < -0.39 is 5.97 Å². The number of halogens is 1. The van der Waals surface area contributed by atoms with E-state index in [1.54, 1.807) is 4.90 Å². The number of nitrogens with zero attached hydrogens (tertiary/aromatic N) is 1. The first-order chi connectivity index (χ1) is 13.2. The van der Waals surface area contributed by atoms with Gasteiger partial charge in [0.1, 0.15) is 11.4 Å². The van der Waals surface area contributed by atoms with Crippen LogP contribution in [-0.4, -0.2) is 46.7 Å². The molecule has 1 amide bonds. The van der Waals surface area contributed by atoms with Crippen molar-refractivity contribution in [1.82, 2.24) is 4.90 Å². The monoisotopic (exact) mass is 407 g/mol. The van der Waals surface area contributed by atoms with E-state index in [4.69, 9.17) is 26.2 Å². The fourth-order valence-electron chi connectivity index (χ4n) is 4.88. The van der Waals surface area contributed by atoms with Gasteiger partial charge in [-0.15, -0.1) is 0 Å². The van der Waals surface area contributed by atoms with Gasteiger partial charge in [0.15, 0.2) is 0 Å². The van der Waals surface area contributed by atoms with Crippen molar-refractivity contribution >= 4 is 23.5 Å². The number of benzene rings is 1. The standard InChI is InChI=1S/C21H26ClNO5/c1-21(2)15-9-12-11-23(18(24)5-6-19(25)26)8-7-16(12)27-20(15)14-10-13(22)3-4-17(14)28-21/h3-4,10,12,15-16,20H,5-9,11H2,1-2H3,(H,25,26)/t12-,15-,16-,20+/m1/s1. The number of carboxylic acid groups (broad SMARTS) is 1. The quantitative estimate of drug-likeness (QED) is 0.827. The molecule has 1 aromatic carbocycles. The van der Waals surface area contributed by atoms with Crippen LogP contribution in [-0.2, 0) is 14.3 Å². The largest absolute Gasteiger partial charge is 0.487 e. The van der Waals surface area contributed by atoms with Crippen molar-refractivity contribution in [1.29, 1.82) is 0 Å². The predicted molar refractivity (Wildman–Crippen MR) is 103 cm³/mol. The van der Waals surface area contributed by atoms with Crippen molar-refractivity contribution in [3.8, 4) is 5.75 Å². The number of ether oxygens (including phenoxy) is 2. The van der Waals surface area contributed by atoms with Crippen LogP contribution in [0.25, 0.3) is 0 Å². The fraction of sp³-hybridized carbons (Fsp3) is 0.619. The molecule has 2 fully saturated rings. The van der Waals surface area contributed by atoms with Crippen molar-refractivity contribution in [2.75, 3.05) is 13.1 Å². The summed E-state index contributed by atoms with van der Waals surface area (Å²) in [6.45, 7) is 5.40. The number of likely N-dealkylation sites (tertiary alicyclic amines) is 1. The number of fused-ring (bicyclic) bond motifs is 4. The first kappa shape index (κ1) is 19.5. The van der Waals surface area contributed by atoms with Crippen molar-refractivity contribution in [2.45, 2.75) is 57.3 Å². The van der Waals surface area contributed by atoms with Gasteiger partial charge in [0, 0.05) is 41.9 Å². The summed E-state index contributed by atoms with van der Waals surface area (Å²) in [5.41, 5.74) is 0.627. The molecule has 0 radical (unpaired) electrons. The van der Waals surface area contributed by atoms with Gasteiger partial charge in [0.2, 0.25) is 5.91 Å². The van der Waals surface area contributed by atoms with Gasteiger partial charge >= 0.3 is 5.97 Å². The second-order valence-corrected chi connectivity index (χ2v) is 9.04. The molecule has 4 rings (SSSR count). The molecule has 1 aromatic rings. The highest BCUT2D eigenvalue weighted by Crippen LogP contribution is 2.53. The predicted octanol–water partition coefficient (Wildman–Crippen LogP) is 3.67. The SMILES string of the molecule is CC1(C)Oc2ccc(Cl)cc2[C@@H]2O[C@@H]3CCN(C(=O)CCC(=O)O)C[C@H]3C[C@H]21. The van der Waals surface area contributed by atoms with E-state index in [0.717, 1.165) is 24.2 Å². The van der Waals surface area contributed by atoms with E-state index >= 15 is 0 Å². The maximum atomic E-state index is 12.4. The Balaban J connectivity index is 1.52. The molecule has 0 spiro atoms. The number of hydrogen-bond donors (Lipinski definition) is 1. The lowest BCUT2D eigenvalue weighted by molar-refractivity contribution is -0.188. The van der Waals surface area contributed by atoms with Gasteiger partial charge in [0.25, 0.3) is 0 Å². The van der Waals surface area contributed by atoms with Gasteiger partial charge < -0.3 is 19.5 Å². The van der Waals surface area contributed by atoms with Crippen molar-refractivity contribution in [2.24, 2.45) is 11.8 Å². The number of aliphatic carboxylic acids is 1. The maximum absolute atomic E-state index is 12.4. The van der Waals surface area contributed by atoms with Crippen LogP contribution in [0.1, 0.15) is 51.2 Å². The number of carbonyl (C=O) groups is 2. The topological polar surface area (TPSA) is 76.1 Å². The Morgan fingerprint density at radius 1 is 1.32 bits per heavy atom. The minimum atomic E-state index is -0.939. The number of rotatable bonds is 3. The Morgan fingerprint density at radius 3 is 2.86 bits per heavy atom. The molecule has 1 N–H and O–H groups in total. The average molecular weight is 408 g/mol. The molecule has 6 nitrogen and oxygen atoms in total. The summed E-state index contributed by atoms with van der Waals surface area (Å²) >= 11 is 6.23. The molecule has 4 atom stereocenters. The summed E-state index contributed by atoms with van der Waals surface area (Å²) < 4.78 is 12.8. The van der Waals surface area contributed by atoms with E-state index in [1.807, 2.05) is 18.2 Å². The normalized spacial score (nSPS) is 30.5. The third-order valence-corrected chi connectivity index (χ3v) is 6.59. The zero-order valence-electron chi connectivity index (χ0n) is 16.2. The fourth-order valence-corrected chi connectivity index (χ4v) is 5.06. The molecule has 0 aliphatic carbocycles. The van der Waals surface area contributed by atoms with Crippen molar-refractivity contribution in [3.63, 3.8) is 0 Å². The van der Waals surface area contributed by atoms with Crippen molar-refractivity contribution in [3.05, 3.63) is 28.8 Å². The molecule has 2 saturated heterocycles. The molecular formula is C21H26ClNO5. The Hall–Kier alpha value is -1.79. The summed E-state index contributed by atoms with van der Waals surface area (Å²) in [7, 11) is 0. The van der Waals surface area contributed by atoms with E-state index in [2.05, 4.69) is 13.8 Å². The molecule has 3 aliphatic heterocycles. The van der Waals surface area contributed by atoms with Crippen LogP contribution in [0.4, 0.5) is 0 Å². The zero-order valence-corrected chi connectivity index (χ0v) is 16.9. The lowest BCUT2D eigenvalue weighted by atomic mass is 9.70. The second-order valence-electron chi connectivity index (χ2n) is 8.61. The van der Waals surface area contributed by atoms with Crippen molar-refractivity contribution < 1.29 is 24.2 Å². The zero-order chi connectivity index (χ0) is 20.1. The van der Waals surface area contributed by atoms with E-state index in [-0.39, 0.29) is 48.4 Å². The highest BCUT2D eigenvalue weighted by molar-refractivity contribution is 6.30. The van der Waals surface area contributed by atoms with Crippen LogP contribution in [0.15, 0.2) is 18.2 Å². The Kier molecular flexibility index (Phi) is 5.04. The number of hydrogen-bond acceptors (Lipinski definition) is 4. The second kappa shape index (κ2) is 7.23. The first-order valence-corrected chi connectivity index (χ1v) is 10.3. The van der Waals surface area contributed by atoms with Crippen LogP contribution in [0.3, 0.4) is 0 Å². The molecule has 152 valence electrons. The van der Waals surface area contributed by atoms with Crippen LogP contribution in [0.2, 0.25) is 5.02 Å². The Labute approximate surface area is 169 Å². The van der Waals surface area contributed by atoms with Gasteiger partial charge in [-0.1, -0.05) is 11.6 Å². The lowest BCUT2D eigenvalue weighted by Crippen LogP contribution is -2.56. The van der Waals surface area contributed by atoms with Crippen LogP contribution >= 0.6 is 11.6 Å². The Morgan fingerprint density at radius 2 is 2.11 bits per heavy atom. The van der Waals surface area contributed by atoms with Crippen LogP contribution in [0, 0.1) is 11.8 Å². The third-order valence-electron chi connectivity index (χ3n) is 6.36. The molecule has 3 heterocycles. The summed E-state index contributed by atoms with van der Waals surface area (Å²) in [4.78, 5) is 24.9.